The SMILES string of the molecule is COc1ccccc1-n1ccnc1SCC(=O)NCc1ccccc1. The fraction of sp³-hybridized carbons (Fsp3) is 0.158. The molecule has 0 saturated carbocycles. The van der Waals surface area contributed by atoms with E-state index in [0.29, 0.717) is 12.3 Å². The van der Waals surface area contributed by atoms with Gasteiger partial charge in [0.1, 0.15) is 5.75 Å². The van der Waals surface area contributed by atoms with Gasteiger partial charge in [0.2, 0.25) is 5.91 Å². The number of imidazole rings is 1. The summed E-state index contributed by atoms with van der Waals surface area (Å²) in [6, 6.07) is 17.6. The number of carbonyl (C=O) groups excluding carboxylic acids is 1. The van der Waals surface area contributed by atoms with E-state index in [1.165, 1.54) is 11.8 Å². The van der Waals surface area contributed by atoms with Gasteiger partial charge in [0.15, 0.2) is 5.16 Å². The number of hydrogen-bond acceptors (Lipinski definition) is 4. The van der Waals surface area contributed by atoms with E-state index in [9.17, 15) is 4.79 Å². The van der Waals surface area contributed by atoms with Crippen LogP contribution in [0.4, 0.5) is 0 Å². The largest absolute Gasteiger partial charge is 0.495 e. The average Bonchev–Trinajstić information content (AvgIpc) is 3.14. The molecule has 1 N–H and O–H groups in total. The van der Waals surface area contributed by atoms with Crippen LogP contribution < -0.4 is 10.1 Å². The predicted octanol–water partition coefficient (Wildman–Crippen LogP) is 3.29. The van der Waals surface area contributed by atoms with Crippen LogP contribution in [0.2, 0.25) is 0 Å². The molecule has 1 heterocycles. The van der Waals surface area contributed by atoms with Gasteiger partial charge in [0.25, 0.3) is 0 Å². The Hall–Kier alpha value is -2.73. The van der Waals surface area contributed by atoms with Crippen molar-refractivity contribution in [1.29, 1.82) is 0 Å². The van der Waals surface area contributed by atoms with Crippen molar-refractivity contribution in [3.8, 4) is 11.4 Å². The van der Waals surface area contributed by atoms with E-state index in [0.717, 1.165) is 22.2 Å². The van der Waals surface area contributed by atoms with Crippen molar-refractivity contribution in [3.63, 3.8) is 0 Å². The Bertz CT molecular complexity index is 833. The molecule has 0 saturated heterocycles. The van der Waals surface area contributed by atoms with Crippen LogP contribution in [0.25, 0.3) is 5.69 Å². The number of carbonyl (C=O) groups is 1. The van der Waals surface area contributed by atoms with Gasteiger partial charge in [-0.05, 0) is 17.7 Å². The lowest BCUT2D eigenvalue weighted by Gasteiger charge is -2.11. The zero-order valence-corrected chi connectivity index (χ0v) is 14.7. The highest BCUT2D eigenvalue weighted by Gasteiger charge is 2.11. The van der Waals surface area contributed by atoms with E-state index in [1.54, 1.807) is 13.3 Å². The molecule has 2 aromatic carbocycles. The summed E-state index contributed by atoms with van der Waals surface area (Å²) in [5.74, 6) is 1.04. The number of nitrogens with one attached hydrogen (secondary N) is 1. The molecular weight excluding hydrogens is 334 g/mol. The van der Waals surface area contributed by atoms with Gasteiger partial charge < -0.3 is 10.1 Å². The smallest absolute Gasteiger partial charge is 0.230 e. The quantitative estimate of drug-likeness (QED) is 0.662. The molecule has 128 valence electrons. The van der Waals surface area contributed by atoms with Gasteiger partial charge in [0, 0.05) is 18.9 Å². The number of amides is 1. The van der Waals surface area contributed by atoms with E-state index >= 15 is 0 Å². The fourth-order valence-electron chi connectivity index (χ4n) is 2.39. The van der Waals surface area contributed by atoms with Crippen molar-refractivity contribution < 1.29 is 9.53 Å². The van der Waals surface area contributed by atoms with E-state index in [4.69, 9.17) is 4.74 Å². The minimum atomic E-state index is -0.0246. The number of thioether (sulfide) groups is 1. The van der Waals surface area contributed by atoms with Gasteiger partial charge in [-0.15, -0.1) is 0 Å². The zero-order valence-electron chi connectivity index (χ0n) is 13.9. The number of rotatable bonds is 7. The highest BCUT2D eigenvalue weighted by molar-refractivity contribution is 7.99. The van der Waals surface area contributed by atoms with E-state index in [2.05, 4.69) is 10.3 Å². The highest BCUT2D eigenvalue weighted by Crippen LogP contribution is 2.27. The first-order valence-corrected chi connectivity index (χ1v) is 8.86. The highest BCUT2D eigenvalue weighted by atomic mass is 32.2. The van der Waals surface area contributed by atoms with Crippen LogP contribution in [0.1, 0.15) is 5.56 Å². The Balaban J connectivity index is 1.61. The lowest BCUT2D eigenvalue weighted by molar-refractivity contribution is -0.118. The number of benzene rings is 2. The Morgan fingerprint density at radius 2 is 1.92 bits per heavy atom. The predicted molar refractivity (Wildman–Crippen MR) is 99.1 cm³/mol. The summed E-state index contributed by atoms with van der Waals surface area (Å²) in [6.45, 7) is 0.529. The summed E-state index contributed by atoms with van der Waals surface area (Å²) in [4.78, 5) is 16.4. The van der Waals surface area contributed by atoms with Crippen molar-refractivity contribution in [3.05, 3.63) is 72.6 Å². The van der Waals surface area contributed by atoms with Crippen molar-refractivity contribution in [2.75, 3.05) is 12.9 Å². The normalized spacial score (nSPS) is 10.4. The first-order valence-electron chi connectivity index (χ1n) is 7.88. The van der Waals surface area contributed by atoms with Crippen LogP contribution in [0.15, 0.2) is 72.1 Å². The maximum absolute atomic E-state index is 12.1. The van der Waals surface area contributed by atoms with Gasteiger partial charge in [-0.25, -0.2) is 4.98 Å². The molecule has 5 nitrogen and oxygen atoms in total. The number of hydrogen-bond donors (Lipinski definition) is 1. The van der Waals surface area contributed by atoms with Gasteiger partial charge in [-0.3, -0.25) is 9.36 Å². The van der Waals surface area contributed by atoms with Crippen molar-refractivity contribution >= 4 is 17.7 Å². The molecule has 6 heteroatoms. The molecule has 25 heavy (non-hydrogen) atoms. The second-order valence-electron chi connectivity index (χ2n) is 5.30. The van der Waals surface area contributed by atoms with E-state index in [1.807, 2.05) is 65.4 Å². The van der Waals surface area contributed by atoms with Gasteiger partial charge >= 0.3 is 0 Å². The molecule has 1 amide bonds. The summed E-state index contributed by atoms with van der Waals surface area (Å²) >= 11 is 1.40. The molecule has 3 rings (SSSR count). The number of aromatic nitrogens is 2. The van der Waals surface area contributed by atoms with E-state index < -0.39 is 0 Å². The topological polar surface area (TPSA) is 56.2 Å². The maximum atomic E-state index is 12.1. The molecule has 0 aliphatic heterocycles. The standard InChI is InChI=1S/C19H19N3O2S/c1-24-17-10-6-5-9-16(17)22-12-11-20-19(22)25-14-18(23)21-13-15-7-3-2-4-8-15/h2-12H,13-14H2,1H3,(H,21,23). The number of ether oxygens (including phenoxy) is 1. The first kappa shape index (κ1) is 17.1. The number of para-hydroxylation sites is 2. The monoisotopic (exact) mass is 353 g/mol. The number of nitrogens with zero attached hydrogens (tertiary/aromatic N) is 2. The Morgan fingerprint density at radius 1 is 1.16 bits per heavy atom. The van der Waals surface area contributed by atoms with Crippen molar-refractivity contribution in [1.82, 2.24) is 14.9 Å². The summed E-state index contributed by atoms with van der Waals surface area (Å²) in [5.41, 5.74) is 1.98. The molecule has 0 radical (unpaired) electrons. The molecule has 0 atom stereocenters. The molecule has 0 bridgehead atoms. The summed E-state index contributed by atoms with van der Waals surface area (Å²) in [6.07, 6.45) is 3.58. The van der Waals surface area contributed by atoms with Crippen LogP contribution in [0.5, 0.6) is 5.75 Å². The molecule has 0 unspecified atom stereocenters. The van der Waals surface area contributed by atoms with Crippen LogP contribution in [0, 0.1) is 0 Å². The maximum Gasteiger partial charge on any atom is 0.230 e. The zero-order chi connectivity index (χ0) is 17.5. The van der Waals surface area contributed by atoms with Gasteiger partial charge in [-0.1, -0.05) is 54.2 Å². The molecule has 0 aliphatic carbocycles. The Kier molecular flexibility index (Phi) is 5.74. The second kappa shape index (κ2) is 8.39. The third-order valence-electron chi connectivity index (χ3n) is 3.62. The van der Waals surface area contributed by atoms with Crippen LogP contribution >= 0.6 is 11.8 Å². The molecule has 3 aromatic rings. The van der Waals surface area contributed by atoms with Gasteiger partial charge in [-0.2, -0.15) is 0 Å². The van der Waals surface area contributed by atoms with E-state index in [-0.39, 0.29) is 5.91 Å². The third kappa shape index (κ3) is 4.42. The second-order valence-corrected chi connectivity index (χ2v) is 6.25. The van der Waals surface area contributed by atoms with Crippen molar-refractivity contribution in [2.45, 2.75) is 11.7 Å². The molecular formula is C19H19N3O2S. The summed E-state index contributed by atoms with van der Waals surface area (Å²) in [7, 11) is 1.64. The minimum Gasteiger partial charge on any atom is -0.495 e. The summed E-state index contributed by atoms with van der Waals surface area (Å²) < 4.78 is 7.32. The number of methoxy groups -OCH3 is 1. The van der Waals surface area contributed by atoms with Crippen molar-refractivity contribution in [2.24, 2.45) is 0 Å². The molecule has 0 fully saturated rings. The van der Waals surface area contributed by atoms with Gasteiger partial charge in [0.05, 0.1) is 18.6 Å². The summed E-state index contributed by atoms with van der Waals surface area (Å²) in [5, 5.41) is 3.67. The van der Waals surface area contributed by atoms with Crippen LogP contribution in [0.3, 0.4) is 0 Å². The lowest BCUT2D eigenvalue weighted by Crippen LogP contribution is -2.24. The first-order chi connectivity index (χ1) is 12.3. The lowest BCUT2D eigenvalue weighted by atomic mass is 10.2. The average molecular weight is 353 g/mol. The molecule has 0 spiro atoms. The fourth-order valence-corrected chi connectivity index (χ4v) is 3.18. The Labute approximate surface area is 151 Å². The molecule has 0 aliphatic rings. The minimum absolute atomic E-state index is 0.0246. The molecule has 1 aromatic heterocycles. The Morgan fingerprint density at radius 3 is 2.72 bits per heavy atom. The third-order valence-corrected chi connectivity index (χ3v) is 4.58. The van der Waals surface area contributed by atoms with Crippen LogP contribution in [-0.2, 0) is 11.3 Å². The van der Waals surface area contributed by atoms with Crippen LogP contribution in [-0.4, -0.2) is 28.3 Å².